The Morgan fingerprint density at radius 2 is 2.07 bits per heavy atom. The third-order valence-electron chi connectivity index (χ3n) is 1.97. The fraction of sp³-hybridized carbons (Fsp3) is 0.100. The summed E-state index contributed by atoms with van der Waals surface area (Å²) in [7, 11) is 1.86. The van der Waals surface area contributed by atoms with Crippen LogP contribution >= 0.6 is 39.1 Å². The van der Waals surface area contributed by atoms with E-state index < -0.39 is 0 Å². The number of benzene rings is 1. The topological polar surface area (TPSA) is 17.8 Å². The van der Waals surface area contributed by atoms with E-state index in [-0.39, 0.29) is 0 Å². The summed E-state index contributed by atoms with van der Waals surface area (Å²) in [6.07, 6.45) is 1.88. The van der Waals surface area contributed by atoms with Crippen molar-refractivity contribution >= 4 is 39.1 Å². The molecule has 0 amide bonds. The van der Waals surface area contributed by atoms with Crippen LogP contribution in [0.4, 0.5) is 0 Å². The maximum Gasteiger partial charge on any atom is 0.108 e. The first kappa shape index (κ1) is 11.0. The van der Waals surface area contributed by atoms with Gasteiger partial charge in [-0.25, -0.2) is 0 Å². The summed E-state index contributed by atoms with van der Waals surface area (Å²) in [6, 6.07) is 5.36. The largest absolute Gasteiger partial charge is 0.274 e. The number of aryl methyl sites for hydroxylation is 1. The molecule has 0 saturated carbocycles. The Balaban J connectivity index is 2.59. The quantitative estimate of drug-likeness (QED) is 0.773. The van der Waals surface area contributed by atoms with Gasteiger partial charge in [0.1, 0.15) is 5.69 Å². The second-order valence-electron chi connectivity index (χ2n) is 3.12. The lowest BCUT2D eigenvalue weighted by atomic mass is 10.1. The van der Waals surface area contributed by atoms with Gasteiger partial charge in [-0.05, 0) is 34.1 Å². The van der Waals surface area contributed by atoms with E-state index in [1.807, 2.05) is 19.3 Å². The highest BCUT2D eigenvalue weighted by Crippen LogP contribution is 2.33. The molecular formula is C10H7BrCl2N2. The number of rotatable bonds is 1. The maximum absolute atomic E-state index is 6.09. The number of nitrogens with zero attached hydrogens (tertiary/aromatic N) is 2. The van der Waals surface area contributed by atoms with Crippen LogP contribution in [-0.4, -0.2) is 9.78 Å². The fourth-order valence-corrected chi connectivity index (χ4v) is 2.41. The molecule has 5 heteroatoms. The van der Waals surface area contributed by atoms with Crippen molar-refractivity contribution in [1.29, 1.82) is 0 Å². The average molecular weight is 306 g/mol. The van der Waals surface area contributed by atoms with Crippen LogP contribution in [0.2, 0.25) is 10.0 Å². The minimum atomic E-state index is 0.599. The van der Waals surface area contributed by atoms with Crippen LogP contribution in [-0.2, 0) is 7.05 Å². The molecule has 1 heterocycles. The van der Waals surface area contributed by atoms with Crippen molar-refractivity contribution in [3.63, 3.8) is 0 Å². The summed E-state index contributed by atoms with van der Waals surface area (Å²) in [6.45, 7) is 0. The van der Waals surface area contributed by atoms with Crippen molar-refractivity contribution in [3.05, 3.63) is 38.9 Å². The summed E-state index contributed by atoms with van der Waals surface area (Å²) < 4.78 is 2.64. The van der Waals surface area contributed by atoms with Crippen LogP contribution in [0.1, 0.15) is 0 Å². The fourth-order valence-electron chi connectivity index (χ4n) is 1.32. The summed E-state index contributed by atoms with van der Waals surface area (Å²) in [4.78, 5) is 0. The van der Waals surface area contributed by atoms with Gasteiger partial charge in [0.15, 0.2) is 0 Å². The van der Waals surface area contributed by atoms with Gasteiger partial charge in [0, 0.05) is 23.8 Å². The van der Waals surface area contributed by atoms with E-state index in [2.05, 4.69) is 21.0 Å². The molecule has 0 saturated heterocycles. The van der Waals surface area contributed by atoms with Gasteiger partial charge in [-0.2, -0.15) is 5.10 Å². The van der Waals surface area contributed by atoms with Crippen LogP contribution in [0.5, 0.6) is 0 Å². The van der Waals surface area contributed by atoms with Gasteiger partial charge in [-0.15, -0.1) is 0 Å². The lowest BCUT2D eigenvalue weighted by Crippen LogP contribution is -1.88. The van der Waals surface area contributed by atoms with Crippen molar-refractivity contribution in [2.24, 2.45) is 7.05 Å². The van der Waals surface area contributed by atoms with Crippen molar-refractivity contribution < 1.29 is 0 Å². The number of hydrogen-bond acceptors (Lipinski definition) is 1. The smallest absolute Gasteiger partial charge is 0.108 e. The minimum Gasteiger partial charge on any atom is -0.274 e. The lowest BCUT2D eigenvalue weighted by Gasteiger charge is -2.01. The molecule has 0 spiro atoms. The van der Waals surface area contributed by atoms with E-state index in [0.717, 1.165) is 15.7 Å². The molecule has 0 N–H and O–H groups in total. The van der Waals surface area contributed by atoms with Crippen LogP contribution in [0.15, 0.2) is 28.9 Å². The summed E-state index contributed by atoms with van der Waals surface area (Å²) in [5.41, 5.74) is 1.69. The summed E-state index contributed by atoms with van der Waals surface area (Å²) >= 11 is 15.3. The maximum atomic E-state index is 6.09. The van der Waals surface area contributed by atoms with Crippen LogP contribution in [0.25, 0.3) is 11.3 Å². The molecule has 0 aliphatic rings. The zero-order chi connectivity index (χ0) is 11.0. The molecular weight excluding hydrogens is 299 g/mol. The predicted molar refractivity (Wildman–Crippen MR) is 66.4 cm³/mol. The van der Waals surface area contributed by atoms with E-state index in [0.29, 0.717) is 10.0 Å². The van der Waals surface area contributed by atoms with Crippen LogP contribution < -0.4 is 0 Å². The summed E-state index contributed by atoms with van der Waals surface area (Å²) in [5, 5.41) is 5.53. The van der Waals surface area contributed by atoms with Gasteiger partial charge in [0.05, 0.1) is 9.50 Å². The highest BCUT2D eigenvalue weighted by molar-refractivity contribution is 9.10. The van der Waals surface area contributed by atoms with E-state index in [4.69, 9.17) is 23.2 Å². The molecule has 1 aromatic heterocycles. The van der Waals surface area contributed by atoms with Crippen LogP contribution in [0.3, 0.4) is 0 Å². The Labute approximate surface area is 106 Å². The Bertz CT molecular complexity index is 508. The third-order valence-corrected chi connectivity index (χ3v) is 3.10. The highest BCUT2D eigenvalue weighted by Gasteiger charge is 2.11. The number of hydrogen-bond donors (Lipinski definition) is 0. The molecule has 0 aliphatic carbocycles. The lowest BCUT2D eigenvalue weighted by molar-refractivity contribution is 0.770. The number of aromatic nitrogens is 2. The second kappa shape index (κ2) is 4.16. The Hall–Kier alpha value is -0.510. The normalized spacial score (nSPS) is 10.7. The first-order chi connectivity index (χ1) is 7.08. The molecule has 0 aliphatic heterocycles. The van der Waals surface area contributed by atoms with Crippen molar-refractivity contribution in [2.45, 2.75) is 0 Å². The SMILES string of the molecule is Cn1cc(Br)c(-c2ccc(Cl)cc2Cl)n1. The average Bonchev–Trinajstić information content (AvgIpc) is 2.45. The van der Waals surface area contributed by atoms with Crippen molar-refractivity contribution in [1.82, 2.24) is 9.78 Å². The van der Waals surface area contributed by atoms with E-state index in [9.17, 15) is 0 Å². The molecule has 0 atom stereocenters. The molecule has 2 rings (SSSR count). The second-order valence-corrected chi connectivity index (χ2v) is 4.82. The Morgan fingerprint density at radius 3 is 2.60 bits per heavy atom. The zero-order valence-corrected chi connectivity index (χ0v) is 10.9. The van der Waals surface area contributed by atoms with Crippen LogP contribution in [0, 0.1) is 0 Å². The van der Waals surface area contributed by atoms with Gasteiger partial charge in [-0.3, -0.25) is 4.68 Å². The minimum absolute atomic E-state index is 0.599. The van der Waals surface area contributed by atoms with Gasteiger partial charge in [0.2, 0.25) is 0 Å². The Morgan fingerprint density at radius 1 is 1.33 bits per heavy atom. The highest BCUT2D eigenvalue weighted by atomic mass is 79.9. The molecule has 15 heavy (non-hydrogen) atoms. The third kappa shape index (κ3) is 2.19. The van der Waals surface area contributed by atoms with E-state index >= 15 is 0 Å². The van der Waals surface area contributed by atoms with Gasteiger partial charge < -0.3 is 0 Å². The van der Waals surface area contributed by atoms with E-state index in [1.54, 1.807) is 16.8 Å². The number of halogens is 3. The first-order valence-corrected chi connectivity index (χ1v) is 5.77. The van der Waals surface area contributed by atoms with Gasteiger partial charge in [-0.1, -0.05) is 23.2 Å². The molecule has 0 unspecified atom stereocenters. The van der Waals surface area contributed by atoms with Crippen molar-refractivity contribution in [3.8, 4) is 11.3 Å². The van der Waals surface area contributed by atoms with Gasteiger partial charge in [0.25, 0.3) is 0 Å². The zero-order valence-electron chi connectivity index (χ0n) is 7.84. The van der Waals surface area contributed by atoms with Gasteiger partial charge >= 0.3 is 0 Å². The standard InChI is InChI=1S/C10H7BrCl2N2/c1-15-5-8(11)10(14-15)7-3-2-6(12)4-9(7)13/h2-5H,1H3. The van der Waals surface area contributed by atoms with E-state index in [1.165, 1.54) is 0 Å². The molecule has 78 valence electrons. The first-order valence-electron chi connectivity index (χ1n) is 4.22. The molecule has 0 radical (unpaired) electrons. The monoisotopic (exact) mass is 304 g/mol. The summed E-state index contributed by atoms with van der Waals surface area (Å²) in [5.74, 6) is 0. The molecule has 0 bridgehead atoms. The molecule has 2 nitrogen and oxygen atoms in total. The Kier molecular flexibility index (Phi) is 3.05. The van der Waals surface area contributed by atoms with Crippen molar-refractivity contribution in [2.75, 3.05) is 0 Å². The molecule has 2 aromatic rings. The molecule has 1 aromatic carbocycles. The predicted octanol–water partition coefficient (Wildman–Crippen LogP) is 4.16. The molecule has 0 fully saturated rings.